The number of sulfone groups is 1. The van der Waals surface area contributed by atoms with Crippen molar-refractivity contribution in [1.29, 1.82) is 0 Å². The molecule has 7 nitrogen and oxygen atoms in total. The number of nitrogens with zero attached hydrogens (tertiary/aromatic N) is 3. The van der Waals surface area contributed by atoms with Crippen molar-refractivity contribution in [3.05, 3.63) is 18.1 Å². The van der Waals surface area contributed by atoms with Gasteiger partial charge < -0.3 is 10.2 Å². The van der Waals surface area contributed by atoms with E-state index < -0.39 is 9.84 Å². The van der Waals surface area contributed by atoms with Gasteiger partial charge in [0, 0.05) is 25.2 Å². The molecule has 0 bridgehead atoms. The normalized spacial score (nSPS) is 24.2. The first-order chi connectivity index (χ1) is 10.5. The quantitative estimate of drug-likeness (QED) is 0.864. The lowest BCUT2D eigenvalue weighted by Crippen LogP contribution is -2.36. The molecule has 2 aliphatic rings. The van der Waals surface area contributed by atoms with E-state index in [1.807, 2.05) is 0 Å². The largest absolute Gasteiger partial charge is 0.357 e. The lowest BCUT2D eigenvalue weighted by Gasteiger charge is -2.27. The molecule has 2 aliphatic heterocycles. The Bertz CT molecular complexity index is 656. The minimum Gasteiger partial charge on any atom is -0.357 e. The lowest BCUT2D eigenvalue weighted by molar-refractivity contribution is 0.0936. The Morgan fingerprint density at radius 2 is 2.00 bits per heavy atom. The first-order valence-corrected chi connectivity index (χ1v) is 9.44. The van der Waals surface area contributed by atoms with E-state index in [1.165, 1.54) is 12.7 Å². The van der Waals surface area contributed by atoms with Gasteiger partial charge in [-0.05, 0) is 25.7 Å². The molecule has 3 rings (SSSR count). The Morgan fingerprint density at radius 3 is 2.68 bits per heavy atom. The van der Waals surface area contributed by atoms with Crippen molar-refractivity contribution in [2.75, 3.05) is 29.5 Å². The Kier molecular flexibility index (Phi) is 4.28. The smallest absolute Gasteiger partial charge is 0.270 e. The molecule has 0 aromatic carbocycles. The van der Waals surface area contributed by atoms with E-state index in [4.69, 9.17) is 0 Å². The van der Waals surface area contributed by atoms with Crippen LogP contribution in [0.1, 0.15) is 36.2 Å². The van der Waals surface area contributed by atoms with E-state index in [-0.39, 0.29) is 23.5 Å². The van der Waals surface area contributed by atoms with Gasteiger partial charge in [-0.15, -0.1) is 0 Å². The summed E-state index contributed by atoms with van der Waals surface area (Å²) in [5.74, 6) is 0.588. The van der Waals surface area contributed by atoms with Crippen LogP contribution in [-0.2, 0) is 9.84 Å². The second kappa shape index (κ2) is 6.20. The number of aromatic nitrogens is 2. The Hall–Kier alpha value is -1.70. The predicted octanol–water partition coefficient (Wildman–Crippen LogP) is 0.384. The molecule has 22 heavy (non-hydrogen) atoms. The van der Waals surface area contributed by atoms with E-state index in [0.717, 1.165) is 31.7 Å². The fourth-order valence-electron chi connectivity index (χ4n) is 2.94. The summed E-state index contributed by atoms with van der Waals surface area (Å²) in [5.41, 5.74) is 0.292. The molecule has 1 amide bonds. The average Bonchev–Trinajstić information content (AvgIpc) is 2.87. The van der Waals surface area contributed by atoms with Gasteiger partial charge in [-0.1, -0.05) is 0 Å². The van der Waals surface area contributed by atoms with Gasteiger partial charge in [0.1, 0.15) is 17.8 Å². The van der Waals surface area contributed by atoms with E-state index in [1.54, 1.807) is 6.07 Å². The van der Waals surface area contributed by atoms with Crippen molar-refractivity contribution in [3.63, 3.8) is 0 Å². The third kappa shape index (κ3) is 3.55. The van der Waals surface area contributed by atoms with Crippen LogP contribution in [0.3, 0.4) is 0 Å². The molecule has 1 unspecified atom stereocenters. The van der Waals surface area contributed by atoms with Crippen molar-refractivity contribution in [2.45, 2.75) is 31.7 Å². The maximum atomic E-state index is 12.2. The summed E-state index contributed by atoms with van der Waals surface area (Å²) in [4.78, 5) is 22.6. The van der Waals surface area contributed by atoms with Crippen LogP contribution in [0.2, 0.25) is 0 Å². The molecular weight excluding hydrogens is 304 g/mol. The monoisotopic (exact) mass is 324 g/mol. The van der Waals surface area contributed by atoms with E-state index in [9.17, 15) is 13.2 Å². The molecule has 2 saturated heterocycles. The van der Waals surface area contributed by atoms with Crippen LogP contribution < -0.4 is 10.2 Å². The van der Waals surface area contributed by atoms with Gasteiger partial charge in [-0.3, -0.25) is 4.79 Å². The number of anilines is 1. The first-order valence-electron chi connectivity index (χ1n) is 7.62. The van der Waals surface area contributed by atoms with Crippen LogP contribution in [0.5, 0.6) is 0 Å². The minimum absolute atomic E-state index is 0.0167. The second-order valence-corrected chi connectivity index (χ2v) is 8.11. The SMILES string of the molecule is O=C(NC1CCS(=O)(=O)C1)c1cc(N2CCCCC2)ncn1. The number of carbonyl (C=O) groups is 1. The second-order valence-electron chi connectivity index (χ2n) is 5.88. The Morgan fingerprint density at radius 1 is 1.23 bits per heavy atom. The number of rotatable bonds is 3. The molecule has 2 fully saturated rings. The lowest BCUT2D eigenvalue weighted by atomic mass is 10.1. The summed E-state index contributed by atoms with van der Waals surface area (Å²) in [5, 5.41) is 2.75. The van der Waals surface area contributed by atoms with Crippen molar-refractivity contribution < 1.29 is 13.2 Å². The molecule has 0 saturated carbocycles. The maximum absolute atomic E-state index is 12.2. The summed E-state index contributed by atoms with van der Waals surface area (Å²) < 4.78 is 22.9. The van der Waals surface area contributed by atoms with E-state index in [2.05, 4.69) is 20.2 Å². The summed E-state index contributed by atoms with van der Waals surface area (Å²) >= 11 is 0. The van der Waals surface area contributed by atoms with Crippen LogP contribution in [0.25, 0.3) is 0 Å². The predicted molar refractivity (Wildman–Crippen MR) is 82.6 cm³/mol. The topological polar surface area (TPSA) is 92.3 Å². The Balaban J connectivity index is 1.67. The number of hydrogen-bond donors (Lipinski definition) is 1. The molecule has 3 heterocycles. The van der Waals surface area contributed by atoms with Crippen LogP contribution >= 0.6 is 0 Å². The van der Waals surface area contributed by atoms with Crippen LogP contribution in [0, 0.1) is 0 Å². The van der Waals surface area contributed by atoms with Gasteiger partial charge in [0.15, 0.2) is 9.84 Å². The minimum atomic E-state index is -3.00. The Labute approximate surface area is 130 Å². The van der Waals surface area contributed by atoms with Crippen molar-refractivity contribution >= 4 is 21.6 Å². The third-order valence-corrected chi connectivity index (χ3v) is 5.90. The fourth-order valence-corrected chi connectivity index (χ4v) is 4.61. The van der Waals surface area contributed by atoms with Crippen LogP contribution in [-0.4, -0.2) is 54.9 Å². The van der Waals surface area contributed by atoms with Crippen LogP contribution in [0.4, 0.5) is 5.82 Å². The summed E-state index contributed by atoms with van der Waals surface area (Å²) in [6, 6.07) is 1.37. The number of carbonyl (C=O) groups excluding carboxylic acids is 1. The van der Waals surface area contributed by atoms with E-state index in [0.29, 0.717) is 12.1 Å². The molecular formula is C14H20N4O3S. The molecule has 0 radical (unpaired) electrons. The number of hydrogen-bond acceptors (Lipinski definition) is 6. The van der Waals surface area contributed by atoms with Crippen LogP contribution in [0.15, 0.2) is 12.4 Å². The van der Waals surface area contributed by atoms with Crippen molar-refractivity contribution in [1.82, 2.24) is 15.3 Å². The molecule has 1 aromatic rings. The molecule has 1 N–H and O–H groups in total. The third-order valence-electron chi connectivity index (χ3n) is 4.13. The highest BCUT2D eigenvalue weighted by molar-refractivity contribution is 7.91. The highest BCUT2D eigenvalue weighted by Gasteiger charge is 2.29. The average molecular weight is 324 g/mol. The zero-order valence-corrected chi connectivity index (χ0v) is 13.2. The zero-order chi connectivity index (χ0) is 15.6. The number of amides is 1. The summed E-state index contributed by atoms with van der Waals surface area (Å²) in [6.45, 7) is 1.89. The maximum Gasteiger partial charge on any atom is 0.270 e. The van der Waals surface area contributed by atoms with Gasteiger partial charge >= 0.3 is 0 Å². The standard InChI is InChI=1S/C14H20N4O3S/c19-14(17-11-4-7-22(20,21)9-11)12-8-13(16-10-15-12)18-5-2-1-3-6-18/h8,10-11H,1-7,9H2,(H,17,19). The van der Waals surface area contributed by atoms with Gasteiger partial charge in [-0.25, -0.2) is 18.4 Å². The molecule has 1 aromatic heterocycles. The first kappa shape index (κ1) is 15.2. The van der Waals surface area contributed by atoms with Gasteiger partial charge in [0.2, 0.25) is 0 Å². The highest BCUT2D eigenvalue weighted by atomic mass is 32.2. The fraction of sp³-hybridized carbons (Fsp3) is 0.643. The molecule has 0 aliphatic carbocycles. The zero-order valence-electron chi connectivity index (χ0n) is 12.4. The van der Waals surface area contributed by atoms with Gasteiger partial charge in [-0.2, -0.15) is 0 Å². The summed E-state index contributed by atoms with van der Waals surface area (Å²) in [6.07, 6.45) is 5.35. The molecule has 0 spiro atoms. The number of nitrogens with one attached hydrogen (secondary N) is 1. The summed E-state index contributed by atoms with van der Waals surface area (Å²) in [7, 11) is -3.00. The molecule has 8 heteroatoms. The van der Waals surface area contributed by atoms with Crippen molar-refractivity contribution in [3.8, 4) is 0 Å². The molecule has 120 valence electrons. The van der Waals surface area contributed by atoms with Gasteiger partial charge in [0.05, 0.1) is 11.5 Å². The van der Waals surface area contributed by atoms with Gasteiger partial charge in [0.25, 0.3) is 5.91 Å². The van der Waals surface area contributed by atoms with Crippen molar-refractivity contribution in [2.24, 2.45) is 0 Å². The van der Waals surface area contributed by atoms with E-state index >= 15 is 0 Å². The highest BCUT2D eigenvalue weighted by Crippen LogP contribution is 2.18. The molecule has 1 atom stereocenters. The number of piperidine rings is 1.